The molecule has 0 heterocycles. The lowest BCUT2D eigenvalue weighted by Gasteiger charge is -2.27. The molecule has 0 saturated carbocycles. The van der Waals surface area contributed by atoms with Crippen molar-refractivity contribution in [2.24, 2.45) is 0 Å². The predicted molar refractivity (Wildman–Crippen MR) is 85.7 cm³/mol. The molecule has 0 fully saturated rings. The summed E-state index contributed by atoms with van der Waals surface area (Å²) in [7, 11) is -4.07. The van der Waals surface area contributed by atoms with Crippen LogP contribution >= 0.6 is 0 Å². The second-order valence-electron chi connectivity index (χ2n) is 5.34. The lowest BCUT2D eigenvalue weighted by Crippen LogP contribution is -2.43. The number of rotatable bonds is 8. The van der Waals surface area contributed by atoms with E-state index in [0.717, 1.165) is 12.3 Å². The summed E-state index contributed by atoms with van der Waals surface area (Å²) in [4.78, 5) is 13.8. The highest BCUT2D eigenvalue weighted by atomic mass is 32.2. The number of benzene rings is 1. The van der Waals surface area contributed by atoms with E-state index in [-0.39, 0.29) is 0 Å². The molecule has 1 amide bonds. The van der Waals surface area contributed by atoms with Crippen LogP contribution in [0.4, 0.5) is 18.9 Å². The normalized spacial score (nSPS) is 11.4. The average Bonchev–Trinajstić information content (AvgIpc) is 2.49. The number of carbonyl (C=O) groups excluding carboxylic acids is 1. The molecule has 0 bridgehead atoms. The van der Waals surface area contributed by atoms with Gasteiger partial charge in [0.25, 0.3) is 0 Å². The Labute approximate surface area is 140 Å². The first-order chi connectivity index (χ1) is 11.1. The molecule has 136 valence electrons. The first-order valence-corrected chi connectivity index (χ1v) is 9.37. The van der Waals surface area contributed by atoms with Gasteiger partial charge >= 0.3 is 0 Å². The molecule has 0 spiro atoms. The molecule has 0 aliphatic rings. The van der Waals surface area contributed by atoms with Crippen molar-refractivity contribution in [1.29, 1.82) is 0 Å². The molecule has 0 aromatic heterocycles. The van der Waals surface area contributed by atoms with Crippen LogP contribution in [0.2, 0.25) is 0 Å². The zero-order valence-corrected chi connectivity index (χ0v) is 14.7. The van der Waals surface area contributed by atoms with Crippen molar-refractivity contribution in [1.82, 2.24) is 4.90 Å². The molecule has 5 nitrogen and oxygen atoms in total. The summed E-state index contributed by atoms with van der Waals surface area (Å²) >= 11 is 0. The minimum Gasteiger partial charge on any atom is -0.341 e. The summed E-state index contributed by atoms with van der Waals surface area (Å²) in [5.41, 5.74) is -0.697. The third kappa shape index (κ3) is 4.86. The Morgan fingerprint density at radius 1 is 1.04 bits per heavy atom. The van der Waals surface area contributed by atoms with Crippen molar-refractivity contribution < 1.29 is 26.4 Å². The van der Waals surface area contributed by atoms with Gasteiger partial charge in [0.15, 0.2) is 17.5 Å². The Balaban J connectivity index is 3.21. The fraction of sp³-hybridized carbons (Fsp3) is 0.533. The molecule has 1 aromatic rings. The van der Waals surface area contributed by atoms with E-state index < -0.39 is 45.6 Å². The minimum atomic E-state index is -4.07. The maximum atomic E-state index is 13.9. The molecule has 9 heteroatoms. The van der Waals surface area contributed by atoms with E-state index in [0.29, 0.717) is 36.3 Å². The first kappa shape index (κ1) is 20.3. The lowest BCUT2D eigenvalue weighted by molar-refractivity contribution is -0.129. The second-order valence-corrected chi connectivity index (χ2v) is 7.25. The van der Waals surface area contributed by atoms with Crippen LogP contribution in [0.15, 0.2) is 12.1 Å². The van der Waals surface area contributed by atoms with Crippen molar-refractivity contribution >= 4 is 21.6 Å². The van der Waals surface area contributed by atoms with Crippen LogP contribution in [0.1, 0.15) is 26.7 Å². The van der Waals surface area contributed by atoms with Gasteiger partial charge in [-0.2, -0.15) is 0 Å². The molecule has 0 atom stereocenters. The Morgan fingerprint density at radius 2 is 1.58 bits per heavy atom. The van der Waals surface area contributed by atoms with Crippen molar-refractivity contribution in [3.8, 4) is 0 Å². The standard InChI is InChI=1S/C15H21F3N2O3S/c1-4-8-19(9-5-2)13(21)10-20(24(3,22)23)12-7-6-11(16)14(17)15(12)18/h6-7H,4-5,8-10H2,1-3H3. The van der Waals surface area contributed by atoms with Gasteiger partial charge in [-0.05, 0) is 25.0 Å². The van der Waals surface area contributed by atoms with Crippen LogP contribution < -0.4 is 4.31 Å². The van der Waals surface area contributed by atoms with E-state index >= 15 is 0 Å². The summed E-state index contributed by atoms with van der Waals surface area (Å²) in [6.45, 7) is 3.88. The highest BCUT2D eigenvalue weighted by Crippen LogP contribution is 2.25. The van der Waals surface area contributed by atoms with Gasteiger partial charge in [0, 0.05) is 13.1 Å². The number of halogens is 3. The topological polar surface area (TPSA) is 57.7 Å². The summed E-state index contributed by atoms with van der Waals surface area (Å²) in [6, 6.07) is 1.41. The van der Waals surface area contributed by atoms with Gasteiger partial charge in [-0.15, -0.1) is 0 Å². The summed E-state index contributed by atoms with van der Waals surface area (Å²) in [6.07, 6.45) is 2.11. The molecular weight excluding hydrogens is 345 g/mol. The molecule has 0 N–H and O–H groups in total. The first-order valence-electron chi connectivity index (χ1n) is 7.52. The molecule has 24 heavy (non-hydrogen) atoms. The molecule has 1 aromatic carbocycles. The Kier molecular flexibility index (Phi) is 7.07. The molecule has 0 aliphatic heterocycles. The molecule has 0 unspecified atom stereocenters. The Bertz CT molecular complexity index is 689. The van der Waals surface area contributed by atoms with Gasteiger partial charge in [0.2, 0.25) is 15.9 Å². The average molecular weight is 366 g/mol. The van der Waals surface area contributed by atoms with Crippen LogP contribution in [0, 0.1) is 17.5 Å². The summed E-state index contributed by atoms with van der Waals surface area (Å²) in [5.74, 6) is -5.40. The van der Waals surface area contributed by atoms with Crippen molar-refractivity contribution in [3.63, 3.8) is 0 Å². The van der Waals surface area contributed by atoms with Gasteiger partial charge in [-0.1, -0.05) is 13.8 Å². The number of sulfonamides is 1. The third-order valence-corrected chi connectivity index (χ3v) is 4.43. The fourth-order valence-corrected chi connectivity index (χ4v) is 3.06. The van der Waals surface area contributed by atoms with E-state index in [9.17, 15) is 26.4 Å². The maximum absolute atomic E-state index is 13.9. The number of hydrogen-bond acceptors (Lipinski definition) is 3. The molecule has 1 rings (SSSR count). The van der Waals surface area contributed by atoms with Crippen molar-refractivity contribution in [2.75, 3.05) is 30.2 Å². The highest BCUT2D eigenvalue weighted by molar-refractivity contribution is 7.92. The largest absolute Gasteiger partial charge is 0.341 e. The molecule has 0 aliphatic carbocycles. The summed E-state index contributed by atoms with van der Waals surface area (Å²) < 4.78 is 64.7. The van der Waals surface area contributed by atoms with Crippen molar-refractivity contribution in [2.45, 2.75) is 26.7 Å². The van der Waals surface area contributed by atoms with E-state index in [1.54, 1.807) is 0 Å². The van der Waals surface area contributed by atoms with Crippen LogP contribution in [0.5, 0.6) is 0 Å². The van der Waals surface area contributed by atoms with Gasteiger partial charge in [-0.25, -0.2) is 21.6 Å². The van der Waals surface area contributed by atoms with Crippen molar-refractivity contribution in [3.05, 3.63) is 29.6 Å². The van der Waals surface area contributed by atoms with Gasteiger partial charge in [0.05, 0.1) is 11.9 Å². The van der Waals surface area contributed by atoms with Crippen LogP contribution in [0.3, 0.4) is 0 Å². The van der Waals surface area contributed by atoms with Crippen LogP contribution in [-0.4, -0.2) is 45.1 Å². The smallest absolute Gasteiger partial charge is 0.243 e. The van der Waals surface area contributed by atoms with Crippen LogP contribution in [-0.2, 0) is 14.8 Å². The predicted octanol–water partition coefficient (Wildman–Crippen LogP) is 2.52. The quantitative estimate of drug-likeness (QED) is 0.665. The third-order valence-electron chi connectivity index (χ3n) is 3.30. The zero-order valence-electron chi connectivity index (χ0n) is 13.9. The van der Waals surface area contributed by atoms with E-state index in [1.165, 1.54) is 4.90 Å². The van der Waals surface area contributed by atoms with Gasteiger partial charge < -0.3 is 4.90 Å². The molecule has 0 saturated heterocycles. The second kappa shape index (κ2) is 8.36. The summed E-state index contributed by atoms with van der Waals surface area (Å²) in [5, 5.41) is 0. The highest BCUT2D eigenvalue weighted by Gasteiger charge is 2.28. The number of anilines is 1. The van der Waals surface area contributed by atoms with Gasteiger partial charge in [0.1, 0.15) is 6.54 Å². The van der Waals surface area contributed by atoms with Crippen LogP contribution in [0.25, 0.3) is 0 Å². The lowest BCUT2D eigenvalue weighted by atomic mass is 10.2. The van der Waals surface area contributed by atoms with E-state index in [1.807, 2.05) is 13.8 Å². The number of hydrogen-bond donors (Lipinski definition) is 0. The minimum absolute atomic E-state index is 0.421. The SMILES string of the molecule is CCCN(CCC)C(=O)CN(c1ccc(F)c(F)c1F)S(C)(=O)=O. The number of carbonyl (C=O) groups is 1. The zero-order chi connectivity index (χ0) is 18.5. The number of nitrogens with zero attached hydrogens (tertiary/aromatic N) is 2. The fourth-order valence-electron chi connectivity index (χ4n) is 2.21. The molecule has 0 radical (unpaired) electrons. The molecular formula is C15H21F3N2O3S. The Hall–Kier alpha value is -1.77. The monoisotopic (exact) mass is 366 g/mol. The maximum Gasteiger partial charge on any atom is 0.243 e. The van der Waals surface area contributed by atoms with E-state index in [4.69, 9.17) is 0 Å². The van der Waals surface area contributed by atoms with Gasteiger partial charge in [-0.3, -0.25) is 9.10 Å². The van der Waals surface area contributed by atoms with E-state index in [2.05, 4.69) is 0 Å². The number of amides is 1. The Morgan fingerprint density at radius 3 is 2.04 bits per heavy atom.